The fraction of sp³-hybridized carbons (Fsp3) is 0.500. The summed E-state index contributed by atoms with van der Waals surface area (Å²) in [6.45, 7) is 0. The molecule has 1 fully saturated rings. The zero-order valence-corrected chi connectivity index (χ0v) is 9.54. The molecule has 1 unspecified atom stereocenters. The number of aromatic carboxylic acids is 1. The molecule has 0 saturated carbocycles. The maximum Gasteiger partial charge on any atom is 0.354 e. The molecule has 1 aliphatic heterocycles. The predicted molar refractivity (Wildman–Crippen MR) is 63.0 cm³/mol. The van der Waals surface area contributed by atoms with E-state index in [1.54, 1.807) is 0 Å². The van der Waals surface area contributed by atoms with Gasteiger partial charge in [-0.1, -0.05) is 0 Å². The summed E-state index contributed by atoms with van der Waals surface area (Å²) >= 11 is 1.90. The Labute approximate surface area is 97.7 Å². The lowest BCUT2D eigenvalue weighted by Gasteiger charge is -2.22. The van der Waals surface area contributed by atoms with Gasteiger partial charge < -0.3 is 10.4 Å². The van der Waals surface area contributed by atoms with Crippen LogP contribution in [0.25, 0.3) is 0 Å². The molecule has 1 atom stereocenters. The molecule has 0 radical (unpaired) electrons. The molecular formula is C10H13N3O2S. The van der Waals surface area contributed by atoms with Crippen LogP contribution in [-0.2, 0) is 0 Å². The summed E-state index contributed by atoms with van der Waals surface area (Å²) in [6.07, 6.45) is 3.74. The molecule has 1 saturated heterocycles. The van der Waals surface area contributed by atoms with Crippen LogP contribution in [0.4, 0.5) is 5.95 Å². The molecule has 1 aromatic heterocycles. The SMILES string of the molecule is O=C(O)c1ccnc(NC2CCCSC2)n1. The Bertz CT molecular complexity index is 380. The van der Waals surface area contributed by atoms with E-state index in [-0.39, 0.29) is 5.69 Å². The van der Waals surface area contributed by atoms with Crippen molar-refractivity contribution < 1.29 is 9.90 Å². The Morgan fingerprint density at radius 3 is 3.19 bits per heavy atom. The number of hydrogen-bond acceptors (Lipinski definition) is 5. The third-order valence-electron chi connectivity index (χ3n) is 2.37. The van der Waals surface area contributed by atoms with Crippen molar-refractivity contribution in [1.82, 2.24) is 9.97 Å². The number of thioether (sulfide) groups is 1. The van der Waals surface area contributed by atoms with Gasteiger partial charge in [0.25, 0.3) is 0 Å². The van der Waals surface area contributed by atoms with Gasteiger partial charge in [-0.2, -0.15) is 11.8 Å². The molecule has 2 rings (SSSR count). The number of nitrogens with one attached hydrogen (secondary N) is 1. The van der Waals surface area contributed by atoms with Gasteiger partial charge in [0.1, 0.15) is 0 Å². The lowest BCUT2D eigenvalue weighted by atomic mass is 10.2. The standard InChI is InChI=1S/C10H13N3O2S/c14-9(15)8-3-4-11-10(13-8)12-7-2-1-5-16-6-7/h3-4,7H,1-2,5-6H2,(H,14,15)(H,11,12,13). The van der Waals surface area contributed by atoms with Crippen LogP contribution in [0.3, 0.4) is 0 Å². The van der Waals surface area contributed by atoms with Gasteiger partial charge >= 0.3 is 5.97 Å². The average molecular weight is 239 g/mol. The van der Waals surface area contributed by atoms with Crippen molar-refractivity contribution in [2.75, 3.05) is 16.8 Å². The van der Waals surface area contributed by atoms with Crippen molar-refractivity contribution in [3.63, 3.8) is 0 Å². The van der Waals surface area contributed by atoms with Gasteiger partial charge in [-0.3, -0.25) is 0 Å². The second-order valence-electron chi connectivity index (χ2n) is 3.63. The summed E-state index contributed by atoms with van der Waals surface area (Å²) in [7, 11) is 0. The summed E-state index contributed by atoms with van der Waals surface area (Å²) in [5.74, 6) is 1.62. The van der Waals surface area contributed by atoms with E-state index >= 15 is 0 Å². The van der Waals surface area contributed by atoms with Crippen molar-refractivity contribution in [2.24, 2.45) is 0 Å². The monoisotopic (exact) mass is 239 g/mol. The normalized spacial score (nSPS) is 20.4. The summed E-state index contributed by atoms with van der Waals surface area (Å²) in [4.78, 5) is 18.7. The molecule has 2 N–H and O–H groups in total. The number of carbonyl (C=O) groups is 1. The minimum atomic E-state index is -1.02. The maximum absolute atomic E-state index is 10.7. The quantitative estimate of drug-likeness (QED) is 0.832. The van der Waals surface area contributed by atoms with Crippen LogP contribution in [0.15, 0.2) is 12.3 Å². The molecular weight excluding hydrogens is 226 g/mol. The van der Waals surface area contributed by atoms with Crippen LogP contribution < -0.4 is 5.32 Å². The van der Waals surface area contributed by atoms with Crippen LogP contribution in [-0.4, -0.2) is 38.6 Å². The molecule has 0 aliphatic carbocycles. The van der Waals surface area contributed by atoms with Crippen molar-refractivity contribution in [2.45, 2.75) is 18.9 Å². The number of carboxylic acids is 1. The lowest BCUT2D eigenvalue weighted by Crippen LogP contribution is -2.27. The number of hydrogen-bond donors (Lipinski definition) is 2. The van der Waals surface area contributed by atoms with E-state index in [0.29, 0.717) is 12.0 Å². The molecule has 86 valence electrons. The molecule has 0 bridgehead atoms. The molecule has 5 nitrogen and oxygen atoms in total. The van der Waals surface area contributed by atoms with Gasteiger partial charge in [-0.25, -0.2) is 14.8 Å². The highest BCUT2D eigenvalue weighted by Crippen LogP contribution is 2.19. The van der Waals surface area contributed by atoms with Crippen LogP contribution in [0, 0.1) is 0 Å². The van der Waals surface area contributed by atoms with Crippen molar-refractivity contribution >= 4 is 23.7 Å². The molecule has 0 aromatic carbocycles. The highest BCUT2D eigenvalue weighted by molar-refractivity contribution is 7.99. The zero-order valence-electron chi connectivity index (χ0n) is 8.72. The van der Waals surface area contributed by atoms with E-state index in [1.807, 2.05) is 11.8 Å². The Hall–Kier alpha value is -1.30. The van der Waals surface area contributed by atoms with Crippen molar-refractivity contribution in [1.29, 1.82) is 0 Å². The van der Waals surface area contributed by atoms with Crippen molar-refractivity contribution in [3.05, 3.63) is 18.0 Å². The number of aromatic nitrogens is 2. The maximum atomic E-state index is 10.7. The predicted octanol–water partition coefficient (Wildman–Crippen LogP) is 1.48. The molecule has 0 amide bonds. The average Bonchev–Trinajstić information content (AvgIpc) is 2.30. The van der Waals surface area contributed by atoms with Gasteiger partial charge in [0.2, 0.25) is 5.95 Å². The smallest absolute Gasteiger partial charge is 0.354 e. The Kier molecular flexibility index (Phi) is 3.61. The molecule has 1 aromatic rings. The summed E-state index contributed by atoms with van der Waals surface area (Å²) in [6, 6.07) is 1.74. The minimum Gasteiger partial charge on any atom is -0.477 e. The van der Waals surface area contributed by atoms with E-state index in [9.17, 15) is 4.79 Å². The largest absolute Gasteiger partial charge is 0.477 e. The number of rotatable bonds is 3. The van der Waals surface area contributed by atoms with Gasteiger partial charge in [-0.15, -0.1) is 0 Å². The summed E-state index contributed by atoms with van der Waals surface area (Å²) in [5, 5.41) is 12.0. The third kappa shape index (κ3) is 2.85. The van der Waals surface area contributed by atoms with Gasteiger partial charge in [0, 0.05) is 18.0 Å². The van der Waals surface area contributed by atoms with Gasteiger partial charge in [-0.05, 0) is 24.7 Å². The zero-order chi connectivity index (χ0) is 11.4. The first-order valence-corrected chi connectivity index (χ1v) is 6.32. The Balaban J connectivity index is 2.02. The van der Waals surface area contributed by atoms with E-state index < -0.39 is 5.97 Å². The Morgan fingerprint density at radius 1 is 1.62 bits per heavy atom. The second-order valence-corrected chi connectivity index (χ2v) is 4.78. The number of nitrogens with zero attached hydrogens (tertiary/aromatic N) is 2. The fourth-order valence-electron chi connectivity index (χ4n) is 1.58. The minimum absolute atomic E-state index is 0.0287. The molecule has 6 heteroatoms. The fourth-order valence-corrected chi connectivity index (χ4v) is 2.66. The van der Waals surface area contributed by atoms with Crippen LogP contribution in [0.1, 0.15) is 23.3 Å². The van der Waals surface area contributed by atoms with E-state index in [4.69, 9.17) is 5.11 Å². The third-order valence-corrected chi connectivity index (χ3v) is 3.58. The first kappa shape index (κ1) is 11.2. The topological polar surface area (TPSA) is 75.1 Å². The lowest BCUT2D eigenvalue weighted by molar-refractivity contribution is 0.0690. The second kappa shape index (κ2) is 5.16. The summed E-state index contributed by atoms with van der Waals surface area (Å²) < 4.78 is 0. The van der Waals surface area contributed by atoms with E-state index in [2.05, 4.69) is 15.3 Å². The molecule has 0 spiro atoms. The molecule has 2 heterocycles. The van der Waals surface area contributed by atoms with Crippen LogP contribution >= 0.6 is 11.8 Å². The Morgan fingerprint density at radius 2 is 2.50 bits per heavy atom. The molecule has 1 aliphatic rings. The van der Waals surface area contributed by atoms with Gasteiger partial charge in [0.15, 0.2) is 5.69 Å². The first-order chi connectivity index (χ1) is 7.75. The first-order valence-electron chi connectivity index (χ1n) is 5.16. The van der Waals surface area contributed by atoms with Crippen LogP contribution in [0.2, 0.25) is 0 Å². The number of carboxylic acid groups (broad SMARTS) is 1. The highest BCUT2D eigenvalue weighted by Gasteiger charge is 2.15. The van der Waals surface area contributed by atoms with Crippen molar-refractivity contribution in [3.8, 4) is 0 Å². The van der Waals surface area contributed by atoms with Gasteiger partial charge in [0.05, 0.1) is 0 Å². The van der Waals surface area contributed by atoms with Crippen LogP contribution in [0.5, 0.6) is 0 Å². The number of anilines is 1. The molecule has 16 heavy (non-hydrogen) atoms. The highest BCUT2D eigenvalue weighted by atomic mass is 32.2. The van der Waals surface area contributed by atoms with E-state index in [0.717, 1.165) is 12.2 Å². The summed E-state index contributed by atoms with van der Waals surface area (Å²) in [5.41, 5.74) is 0.0287. The van der Waals surface area contributed by atoms with E-state index in [1.165, 1.54) is 24.4 Å².